The fourth-order valence-corrected chi connectivity index (χ4v) is 3.57. The highest BCUT2D eigenvalue weighted by atomic mass is 16.2. The van der Waals surface area contributed by atoms with Crippen molar-refractivity contribution in [1.82, 2.24) is 20.0 Å². The fourth-order valence-electron chi connectivity index (χ4n) is 3.57. The number of aryl methyl sites for hydroxylation is 2. The van der Waals surface area contributed by atoms with Crippen molar-refractivity contribution < 1.29 is 9.59 Å². The Morgan fingerprint density at radius 1 is 1.28 bits per heavy atom. The summed E-state index contributed by atoms with van der Waals surface area (Å²) in [6.45, 7) is 12.2. The molecule has 1 atom stereocenters. The van der Waals surface area contributed by atoms with Crippen LogP contribution < -0.4 is 5.32 Å². The molecule has 1 aromatic heterocycles. The second-order valence-electron chi connectivity index (χ2n) is 7.37. The predicted molar refractivity (Wildman–Crippen MR) is 98.0 cm³/mol. The van der Waals surface area contributed by atoms with Crippen molar-refractivity contribution in [3.63, 3.8) is 0 Å². The van der Waals surface area contributed by atoms with Crippen molar-refractivity contribution in [2.45, 2.75) is 79.4 Å². The van der Waals surface area contributed by atoms with Gasteiger partial charge in [0.2, 0.25) is 11.8 Å². The van der Waals surface area contributed by atoms with Crippen LogP contribution in [0.1, 0.15) is 63.4 Å². The molecule has 1 aliphatic rings. The van der Waals surface area contributed by atoms with Gasteiger partial charge in [0.25, 0.3) is 0 Å². The van der Waals surface area contributed by atoms with Crippen molar-refractivity contribution in [3.05, 3.63) is 17.0 Å². The summed E-state index contributed by atoms with van der Waals surface area (Å²) in [5, 5.41) is 7.56. The zero-order valence-electron chi connectivity index (χ0n) is 16.3. The molecule has 0 aliphatic carbocycles. The molecule has 1 aromatic rings. The first-order chi connectivity index (χ1) is 11.8. The number of amides is 2. The van der Waals surface area contributed by atoms with Gasteiger partial charge in [-0.1, -0.05) is 13.8 Å². The van der Waals surface area contributed by atoms with Gasteiger partial charge in [-0.05, 0) is 46.0 Å². The first-order valence-electron chi connectivity index (χ1n) is 9.45. The molecule has 1 saturated heterocycles. The topological polar surface area (TPSA) is 67.2 Å². The first kappa shape index (κ1) is 19.5. The molecule has 6 nitrogen and oxygen atoms in total. The lowest BCUT2D eigenvalue weighted by Crippen LogP contribution is -2.51. The van der Waals surface area contributed by atoms with Crippen LogP contribution >= 0.6 is 0 Å². The van der Waals surface area contributed by atoms with Crippen molar-refractivity contribution in [2.75, 3.05) is 6.54 Å². The van der Waals surface area contributed by atoms with E-state index in [9.17, 15) is 9.59 Å². The highest BCUT2D eigenvalue weighted by molar-refractivity contribution is 5.88. The highest BCUT2D eigenvalue weighted by Crippen LogP contribution is 2.20. The lowest BCUT2D eigenvalue weighted by Gasteiger charge is -2.34. The Hall–Kier alpha value is -1.85. The largest absolute Gasteiger partial charge is 0.350 e. The normalized spacial score (nSPS) is 16.4. The van der Waals surface area contributed by atoms with Crippen LogP contribution in [-0.4, -0.2) is 39.1 Å². The smallest absolute Gasteiger partial charge is 0.243 e. The van der Waals surface area contributed by atoms with E-state index >= 15 is 0 Å². The van der Waals surface area contributed by atoms with E-state index in [1.165, 1.54) is 0 Å². The zero-order chi connectivity index (χ0) is 18.6. The minimum Gasteiger partial charge on any atom is -0.350 e. The number of rotatable bonds is 7. The molecule has 2 rings (SSSR count). The molecule has 0 bridgehead atoms. The van der Waals surface area contributed by atoms with Crippen LogP contribution in [0.3, 0.4) is 0 Å². The summed E-state index contributed by atoms with van der Waals surface area (Å²) in [6, 6.07) is -0.366. The molecule has 0 unspecified atom stereocenters. The van der Waals surface area contributed by atoms with Gasteiger partial charge in [0.1, 0.15) is 6.04 Å². The number of likely N-dealkylation sites (tertiary alicyclic amines) is 1. The van der Waals surface area contributed by atoms with Crippen LogP contribution in [0.5, 0.6) is 0 Å². The second kappa shape index (κ2) is 8.50. The van der Waals surface area contributed by atoms with Gasteiger partial charge in [0.15, 0.2) is 0 Å². The zero-order valence-corrected chi connectivity index (χ0v) is 16.3. The number of hydrogen-bond acceptors (Lipinski definition) is 3. The number of carbonyl (C=O) groups is 2. The average Bonchev–Trinajstić information content (AvgIpc) is 2.84. The van der Waals surface area contributed by atoms with Crippen LogP contribution in [-0.2, 0) is 22.7 Å². The Bertz CT molecular complexity index is 621. The molecule has 1 fully saturated rings. The molecular weight excluding hydrogens is 316 g/mol. The highest BCUT2D eigenvalue weighted by Gasteiger charge is 2.31. The monoisotopic (exact) mass is 348 g/mol. The number of nitrogens with zero attached hydrogens (tertiary/aromatic N) is 3. The second-order valence-corrected chi connectivity index (χ2v) is 7.37. The third-order valence-corrected chi connectivity index (χ3v) is 5.00. The van der Waals surface area contributed by atoms with E-state index in [2.05, 4.69) is 31.2 Å². The van der Waals surface area contributed by atoms with Gasteiger partial charge in [0.05, 0.1) is 5.69 Å². The Balaban J connectivity index is 2.09. The van der Waals surface area contributed by atoms with Crippen LogP contribution in [0.15, 0.2) is 0 Å². The maximum absolute atomic E-state index is 12.9. The molecule has 0 aromatic carbocycles. The SMILES string of the molecule is CCn1nc(C)c(CNC(=O)[C@@H](CC(C)C)N2CCCCC2=O)c1C. The lowest BCUT2D eigenvalue weighted by atomic mass is 9.98. The van der Waals surface area contributed by atoms with E-state index in [0.29, 0.717) is 31.8 Å². The summed E-state index contributed by atoms with van der Waals surface area (Å²) >= 11 is 0. The minimum absolute atomic E-state index is 0.0491. The summed E-state index contributed by atoms with van der Waals surface area (Å²) in [5.41, 5.74) is 3.12. The molecule has 0 spiro atoms. The van der Waals surface area contributed by atoms with E-state index in [1.807, 2.05) is 18.5 Å². The van der Waals surface area contributed by atoms with Crippen molar-refractivity contribution in [2.24, 2.45) is 5.92 Å². The third kappa shape index (κ3) is 4.61. The predicted octanol–water partition coefficient (Wildman–Crippen LogP) is 2.56. The van der Waals surface area contributed by atoms with Crippen LogP contribution in [0, 0.1) is 19.8 Å². The number of aromatic nitrogens is 2. The first-order valence-corrected chi connectivity index (χ1v) is 9.45. The van der Waals surface area contributed by atoms with E-state index in [1.54, 1.807) is 4.90 Å². The number of piperidine rings is 1. The number of carbonyl (C=O) groups excluding carboxylic acids is 2. The molecule has 1 aliphatic heterocycles. The Kier molecular flexibility index (Phi) is 6.62. The summed E-state index contributed by atoms with van der Waals surface area (Å²) < 4.78 is 1.95. The summed E-state index contributed by atoms with van der Waals surface area (Å²) in [5.74, 6) is 0.419. The van der Waals surface area contributed by atoms with Gasteiger partial charge in [-0.2, -0.15) is 5.10 Å². The quantitative estimate of drug-likeness (QED) is 0.823. The fraction of sp³-hybridized carbons (Fsp3) is 0.737. The Labute approximate surface area is 151 Å². The molecule has 0 saturated carbocycles. The van der Waals surface area contributed by atoms with Crippen molar-refractivity contribution in [3.8, 4) is 0 Å². The maximum atomic E-state index is 12.9. The van der Waals surface area contributed by atoms with Crippen LogP contribution in [0.4, 0.5) is 0 Å². The van der Waals surface area contributed by atoms with E-state index in [-0.39, 0.29) is 17.9 Å². The van der Waals surface area contributed by atoms with E-state index < -0.39 is 0 Å². The summed E-state index contributed by atoms with van der Waals surface area (Å²) in [4.78, 5) is 26.9. The van der Waals surface area contributed by atoms with E-state index in [0.717, 1.165) is 36.3 Å². The van der Waals surface area contributed by atoms with Crippen LogP contribution in [0.2, 0.25) is 0 Å². The van der Waals surface area contributed by atoms with Gasteiger partial charge >= 0.3 is 0 Å². The molecule has 140 valence electrons. The Morgan fingerprint density at radius 3 is 2.56 bits per heavy atom. The van der Waals surface area contributed by atoms with Crippen LogP contribution in [0.25, 0.3) is 0 Å². The standard InChI is InChI=1S/C19H32N4O2/c1-6-23-15(5)16(14(4)21-23)12-20-19(25)17(11-13(2)3)22-10-8-7-9-18(22)24/h13,17H,6-12H2,1-5H3,(H,20,25)/t17-/m1/s1. The third-order valence-electron chi connectivity index (χ3n) is 5.00. The van der Waals surface area contributed by atoms with Crippen molar-refractivity contribution >= 4 is 11.8 Å². The van der Waals surface area contributed by atoms with Gasteiger partial charge in [-0.15, -0.1) is 0 Å². The molecule has 2 amide bonds. The summed E-state index contributed by atoms with van der Waals surface area (Å²) in [7, 11) is 0. The van der Waals surface area contributed by atoms with Crippen molar-refractivity contribution in [1.29, 1.82) is 0 Å². The number of hydrogen-bond donors (Lipinski definition) is 1. The van der Waals surface area contributed by atoms with Gasteiger partial charge in [-0.25, -0.2) is 0 Å². The lowest BCUT2D eigenvalue weighted by molar-refractivity contribution is -0.143. The molecule has 1 N–H and O–H groups in total. The summed E-state index contributed by atoms with van der Waals surface area (Å²) in [6.07, 6.45) is 3.17. The average molecular weight is 348 g/mol. The van der Waals surface area contributed by atoms with Gasteiger partial charge in [0, 0.05) is 37.3 Å². The minimum atomic E-state index is -0.366. The molecule has 0 radical (unpaired) electrons. The number of nitrogens with one attached hydrogen (secondary N) is 1. The van der Waals surface area contributed by atoms with E-state index in [4.69, 9.17) is 0 Å². The molecule has 2 heterocycles. The maximum Gasteiger partial charge on any atom is 0.243 e. The molecular formula is C19H32N4O2. The molecule has 6 heteroatoms. The molecule has 25 heavy (non-hydrogen) atoms. The van der Waals surface area contributed by atoms with Gasteiger partial charge < -0.3 is 10.2 Å². The van der Waals surface area contributed by atoms with Gasteiger partial charge in [-0.3, -0.25) is 14.3 Å². The Morgan fingerprint density at radius 2 is 2.00 bits per heavy atom.